The molecule has 0 amide bonds. The maximum Gasteiger partial charge on any atom is 0.0843 e. The topological polar surface area (TPSA) is 30.5 Å². The van der Waals surface area contributed by atoms with Crippen molar-refractivity contribution < 1.29 is 9.47 Å². The van der Waals surface area contributed by atoms with Gasteiger partial charge in [0.25, 0.3) is 0 Å². The number of ether oxygens (including phenoxy) is 2. The van der Waals surface area contributed by atoms with Gasteiger partial charge < -0.3 is 14.8 Å². The molecule has 0 unspecified atom stereocenters. The van der Waals surface area contributed by atoms with Gasteiger partial charge in [-0.3, -0.25) is 0 Å². The summed E-state index contributed by atoms with van der Waals surface area (Å²) in [4.78, 5) is 0. The van der Waals surface area contributed by atoms with Crippen molar-refractivity contribution in [1.29, 1.82) is 0 Å². The van der Waals surface area contributed by atoms with E-state index in [9.17, 15) is 0 Å². The molecule has 12 heavy (non-hydrogen) atoms. The summed E-state index contributed by atoms with van der Waals surface area (Å²) in [6.07, 6.45) is 3.68. The van der Waals surface area contributed by atoms with E-state index in [1.54, 1.807) is 7.11 Å². The minimum Gasteiger partial charge on any atom is -0.381 e. The van der Waals surface area contributed by atoms with Crippen molar-refractivity contribution in [2.45, 2.75) is 31.0 Å². The zero-order valence-corrected chi connectivity index (χ0v) is 7.64. The average molecular weight is 171 g/mol. The van der Waals surface area contributed by atoms with Gasteiger partial charge in [-0.05, 0) is 19.4 Å². The Labute approximate surface area is 73.4 Å². The standard InChI is InChI=1S/C9H17NO2/c1-11-8-2-5-12-9(6-8)3-4-10-7-9/h8,10H,2-7H2,1H3/t8-,9+/m1/s1. The van der Waals surface area contributed by atoms with Gasteiger partial charge in [-0.15, -0.1) is 0 Å². The highest BCUT2D eigenvalue weighted by Gasteiger charge is 2.39. The summed E-state index contributed by atoms with van der Waals surface area (Å²) in [6.45, 7) is 2.96. The summed E-state index contributed by atoms with van der Waals surface area (Å²) in [5.74, 6) is 0. The fraction of sp³-hybridized carbons (Fsp3) is 1.00. The Hall–Kier alpha value is -0.120. The molecule has 0 aromatic carbocycles. The first-order valence-corrected chi connectivity index (χ1v) is 4.72. The van der Waals surface area contributed by atoms with E-state index in [4.69, 9.17) is 9.47 Å². The van der Waals surface area contributed by atoms with Crippen LogP contribution in [0.15, 0.2) is 0 Å². The fourth-order valence-corrected chi connectivity index (χ4v) is 2.20. The Kier molecular flexibility index (Phi) is 2.35. The summed E-state index contributed by atoms with van der Waals surface area (Å²) in [7, 11) is 1.80. The number of nitrogens with one attached hydrogen (secondary N) is 1. The van der Waals surface area contributed by atoms with Crippen LogP contribution in [0.25, 0.3) is 0 Å². The average Bonchev–Trinajstić information content (AvgIpc) is 2.53. The van der Waals surface area contributed by atoms with E-state index in [0.29, 0.717) is 6.10 Å². The van der Waals surface area contributed by atoms with Crippen LogP contribution >= 0.6 is 0 Å². The third-order valence-electron chi connectivity index (χ3n) is 2.99. The molecule has 3 heteroatoms. The summed E-state index contributed by atoms with van der Waals surface area (Å²) in [5, 5.41) is 3.35. The molecule has 2 saturated heterocycles. The van der Waals surface area contributed by atoms with Crippen molar-refractivity contribution in [3.63, 3.8) is 0 Å². The first kappa shape index (κ1) is 8.48. The number of hydrogen-bond acceptors (Lipinski definition) is 3. The van der Waals surface area contributed by atoms with Crippen LogP contribution in [0.4, 0.5) is 0 Å². The van der Waals surface area contributed by atoms with Crippen LogP contribution in [0.3, 0.4) is 0 Å². The van der Waals surface area contributed by atoms with Gasteiger partial charge in [0.2, 0.25) is 0 Å². The molecule has 2 aliphatic rings. The van der Waals surface area contributed by atoms with Crippen LogP contribution in [0.2, 0.25) is 0 Å². The molecule has 0 radical (unpaired) electrons. The number of methoxy groups -OCH3 is 1. The van der Waals surface area contributed by atoms with Crippen LogP contribution in [0, 0.1) is 0 Å². The summed E-state index contributed by atoms with van der Waals surface area (Å²) in [5.41, 5.74) is 0.110. The van der Waals surface area contributed by atoms with Gasteiger partial charge in [0, 0.05) is 26.7 Å². The van der Waals surface area contributed by atoms with Crippen LogP contribution in [-0.4, -0.2) is 38.5 Å². The maximum atomic E-state index is 5.82. The Balaban J connectivity index is 1.97. The molecule has 2 atom stereocenters. The Morgan fingerprint density at radius 1 is 1.58 bits per heavy atom. The maximum absolute atomic E-state index is 5.82. The van der Waals surface area contributed by atoms with Gasteiger partial charge >= 0.3 is 0 Å². The van der Waals surface area contributed by atoms with Gasteiger partial charge in [-0.2, -0.15) is 0 Å². The number of hydrogen-bond donors (Lipinski definition) is 1. The summed E-state index contributed by atoms with van der Waals surface area (Å²) < 4.78 is 11.2. The van der Waals surface area contributed by atoms with Crippen LogP contribution in [-0.2, 0) is 9.47 Å². The van der Waals surface area contributed by atoms with E-state index in [0.717, 1.165) is 39.0 Å². The van der Waals surface area contributed by atoms with E-state index in [-0.39, 0.29) is 5.60 Å². The highest BCUT2D eigenvalue weighted by Crippen LogP contribution is 2.31. The van der Waals surface area contributed by atoms with Crippen LogP contribution in [0.1, 0.15) is 19.3 Å². The lowest BCUT2D eigenvalue weighted by atomic mass is 9.91. The molecule has 0 bridgehead atoms. The lowest BCUT2D eigenvalue weighted by molar-refractivity contribution is -0.115. The molecule has 0 saturated carbocycles. The highest BCUT2D eigenvalue weighted by molar-refractivity contribution is 4.94. The predicted molar refractivity (Wildman–Crippen MR) is 46.2 cm³/mol. The number of rotatable bonds is 1. The van der Waals surface area contributed by atoms with E-state index in [2.05, 4.69) is 5.32 Å². The summed E-state index contributed by atoms with van der Waals surface area (Å²) >= 11 is 0. The Bertz CT molecular complexity index is 155. The predicted octanol–water partition coefficient (Wildman–Crippen LogP) is 0.544. The minimum atomic E-state index is 0.110. The molecule has 1 N–H and O–H groups in total. The molecule has 1 spiro atoms. The van der Waals surface area contributed by atoms with E-state index in [1.807, 2.05) is 0 Å². The SMILES string of the molecule is CO[C@@H]1CCO[C@@]2(CCNC2)C1. The third kappa shape index (κ3) is 1.49. The smallest absolute Gasteiger partial charge is 0.0843 e. The van der Waals surface area contributed by atoms with Crippen LogP contribution in [0.5, 0.6) is 0 Å². The van der Waals surface area contributed by atoms with Gasteiger partial charge in [0.1, 0.15) is 0 Å². The Morgan fingerprint density at radius 3 is 3.17 bits per heavy atom. The quantitative estimate of drug-likeness (QED) is 0.624. The molecule has 0 aromatic rings. The van der Waals surface area contributed by atoms with Gasteiger partial charge in [0.15, 0.2) is 0 Å². The van der Waals surface area contributed by atoms with Gasteiger partial charge in [0.05, 0.1) is 11.7 Å². The molecular formula is C9H17NO2. The summed E-state index contributed by atoms with van der Waals surface area (Å²) in [6, 6.07) is 0. The van der Waals surface area contributed by atoms with Crippen molar-refractivity contribution >= 4 is 0 Å². The second kappa shape index (κ2) is 3.32. The molecular weight excluding hydrogens is 154 g/mol. The van der Waals surface area contributed by atoms with Crippen molar-refractivity contribution in [3.05, 3.63) is 0 Å². The molecule has 0 aliphatic carbocycles. The van der Waals surface area contributed by atoms with E-state index < -0.39 is 0 Å². The molecule has 2 rings (SSSR count). The van der Waals surface area contributed by atoms with E-state index >= 15 is 0 Å². The zero-order valence-electron chi connectivity index (χ0n) is 7.64. The van der Waals surface area contributed by atoms with Crippen molar-refractivity contribution in [2.75, 3.05) is 26.8 Å². The highest BCUT2D eigenvalue weighted by atomic mass is 16.5. The van der Waals surface area contributed by atoms with Crippen LogP contribution < -0.4 is 5.32 Å². The molecule has 2 aliphatic heterocycles. The van der Waals surface area contributed by atoms with Crippen molar-refractivity contribution in [2.24, 2.45) is 0 Å². The lowest BCUT2D eigenvalue weighted by Crippen LogP contribution is -2.44. The third-order valence-corrected chi connectivity index (χ3v) is 2.99. The molecule has 0 aromatic heterocycles. The first-order valence-electron chi connectivity index (χ1n) is 4.72. The largest absolute Gasteiger partial charge is 0.381 e. The zero-order chi connectivity index (χ0) is 8.44. The minimum absolute atomic E-state index is 0.110. The second-order valence-electron chi connectivity index (χ2n) is 3.81. The molecule has 2 heterocycles. The fourth-order valence-electron chi connectivity index (χ4n) is 2.20. The monoisotopic (exact) mass is 171 g/mol. The van der Waals surface area contributed by atoms with E-state index in [1.165, 1.54) is 0 Å². The second-order valence-corrected chi connectivity index (χ2v) is 3.81. The molecule has 3 nitrogen and oxygen atoms in total. The molecule has 2 fully saturated rings. The van der Waals surface area contributed by atoms with Crippen molar-refractivity contribution in [1.82, 2.24) is 5.32 Å². The van der Waals surface area contributed by atoms with Gasteiger partial charge in [-0.25, -0.2) is 0 Å². The lowest BCUT2D eigenvalue weighted by Gasteiger charge is -2.36. The van der Waals surface area contributed by atoms with Gasteiger partial charge in [-0.1, -0.05) is 0 Å². The van der Waals surface area contributed by atoms with Crippen molar-refractivity contribution in [3.8, 4) is 0 Å². The molecule has 70 valence electrons. The normalized spacial score (nSPS) is 42.2. The Morgan fingerprint density at radius 2 is 2.50 bits per heavy atom. The first-order chi connectivity index (χ1) is 5.85.